The Morgan fingerprint density at radius 1 is 1.44 bits per heavy atom. The number of hydrogen-bond donors (Lipinski definition) is 0. The number of nitro groups is 1. The van der Waals surface area contributed by atoms with Crippen LogP contribution in [0.5, 0.6) is 5.75 Å². The molecule has 18 heavy (non-hydrogen) atoms. The highest BCUT2D eigenvalue weighted by molar-refractivity contribution is 5.71. The number of carbonyl (C=O) groups is 1. The first kappa shape index (κ1) is 13.8. The third kappa shape index (κ3) is 3.37. The summed E-state index contributed by atoms with van der Waals surface area (Å²) in [6.45, 7) is 0.988. The monoisotopic (exact) mass is 261 g/mol. The molecule has 8 heteroatoms. The minimum absolute atomic E-state index is 0.0990. The van der Waals surface area contributed by atoms with Gasteiger partial charge in [0.2, 0.25) is 11.6 Å². The summed E-state index contributed by atoms with van der Waals surface area (Å²) >= 11 is 0. The topological polar surface area (TPSA) is 78.7 Å². The molecule has 0 radical (unpaired) electrons. The van der Waals surface area contributed by atoms with E-state index in [4.69, 9.17) is 0 Å². The summed E-state index contributed by atoms with van der Waals surface area (Å²) in [6, 6.07) is 0.982. The van der Waals surface area contributed by atoms with Crippen molar-refractivity contribution in [2.24, 2.45) is 0 Å². The van der Waals surface area contributed by atoms with Crippen molar-refractivity contribution >= 4 is 11.7 Å². The second-order valence-electron chi connectivity index (χ2n) is 3.09. The van der Waals surface area contributed by atoms with Gasteiger partial charge in [-0.15, -0.1) is 0 Å². The lowest BCUT2D eigenvalue weighted by Crippen LogP contribution is -2.15. The summed E-state index contributed by atoms with van der Waals surface area (Å²) in [6.07, 6.45) is 0. The lowest BCUT2D eigenvalue weighted by atomic mass is 10.2. The minimum atomic E-state index is -1.38. The highest BCUT2D eigenvalue weighted by Crippen LogP contribution is 2.30. The average molecular weight is 261 g/mol. The molecule has 0 saturated carbocycles. The predicted molar refractivity (Wildman–Crippen MR) is 55.1 cm³/mol. The molecule has 0 N–H and O–H groups in total. The third-order valence-electron chi connectivity index (χ3n) is 1.83. The molecule has 6 nitrogen and oxygen atoms in total. The molecule has 98 valence electrons. The predicted octanol–water partition coefficient (Wildman–Crippen LogP) is 1.81. The van der Waals surface area contributed by atoms with Crippen LogP contribution in [0.3, 0.4) is 0 Å². The van der Waals surface area contributed by atoms with Crippen LogP contribution in [0.2, 0.25) is 0 Å². The molecule has 0 unspecified atom stereocenters. The van der Waals surface area contributed by atoms with Crippen LogP contribution in [0, 0.1) is 21.7 Å². The van der Waals surface area contributed by atoms with Gasteiger partial charge in [0.1, 0.15) is 5.82 Å². The fraction of sp³-hybridized carbons (Fsp3) is 0.300. The number of esters is 1. The molecule has 0 saturated heterocycles. The van der Waals surface area contributed by atoms with Gasteiger partial charge in [0.05, 0.1) is 11.5 Å². The van der Waals surface area contributed by atoms with Crippen LogP contribution in [0.4, 0.5) is 14.5 Å². The van der Waals surface area contributed by atoms with Crippen LogP contribution in [0.25, 0.3) is 0 Å². The van der Waals surface area contributed by atoms with Crippen LogP contribution in [-0.2, 0) is 9.53 Å². The number of benzene rings is 1. The summed E-state index contributed by atoms with van der Waals surface area (Å²) in [5.41, 5.74) is -1.03. The van der Waals surface area contributed by atoms with E-state index in [9.17, 15) is 23.7 Å². The van der Waals surface area contributed by atoms with Crippen LogP contribution in [-0.4, -0.2) is 24.1 Å². The van der Waals surface area contributed by atoms with E-state index in [1.165, 1.54) is 0 Å². The standard InChI is InChI=1S/C10H9F2NO5/c1-2-17-9(14)5-18-8-4-6(11)3-7(12)10(8)13(15)16/h3-4H,2,5H2,1H3. The van der Waals surface area contributed by atoms with E-state index >= 15 is 0 Å². The molecule has 0 aromatic heterocycles. The summed E-state index contributed by atoms with van der Waals surface area (Å²) in [7, 11) is 0. The van der Waals surface area contributed by atoms with E-state index in [0.717, 1.165) is 0 Å². The van der Waals surface area contributed by atoms with Gasteiger partial charge in [0, 0.05) is 12.1 Å². The van der Waals surface area contributed by atoms with E-state index in [1.54, 1.807) is 6.92 Å². The van der Waals surface area contributed by atoms with Crippen molar-refractivity contribution in [2.45, 2.75) is 6.92 Å². The largest absolute Gasteiger partial charge is 0.475 e. The normalized spacial score (nSPS) is 9.94. The molecule has 0 heterocycles. The van der Waals surface area contributed by atoms with Gasteiger partial charge in [-0.2, -0.15) is 4.39 Å². The smallest absolute Gasteiger partial charge is 0.346 e. The third-order valence-corrected chi connectivity index (χ3v) is 1.83. The van der Waals surface area contributed by atoms with Crippen molar-refractivity contribution in [2.75, 3.05) is 13.2 Å². The quantitative estimate of drug-likeness (QED) is 0.459. The number of nitrogens with zero attached hydrogens (tertiary/aromatic N) is 1. The second kappa shape index (κ2) is 5.89. The van der Waals surface area contributed by atoms with Gasteiger partial charge in [0.15, 0.2) is 6.61 Å². The van der Waals surface area contributed by atoms with E-state index in [2.05, 4.69) is 9.47 Å². The number of nitro benzene ring substituents is 1. The molecular weight excluding hydrogens is 252 g/mol. The Labute approximate surface area is 100 Å². The lowest BCUT2D eigenvalue weighted by Gasteiger charge is -2.06. The van der Waals surface area contributed by atoms with Crippen LogP contribution >= 0.6 is 0 Å². The first-order valence-electron chi connectivity index (χ1n) is 4.87. The maximum absolute atomic E-state index is 13.2. The number of hydrogen-bond acceptors (Lipinski definition) is 5. The summed E-state index contributed by atoms with van der Waals surface area (Å²) in [5, 5.41) is 10.6. The van der Waals surface area contributed by atoms with Crippen molar-refractivity contribution in [1.82, 2.24) is 0 Å². The molecule has 1 aromatic carbocycles. The van der Waals surface area contributed by atoms with Crippen molar-refractivity contribution < 1.29 is 28.0 Å². The van der Waals surface area contributed by atoms with Gasteiger partial charge in [-0.1, -0.05) is 0 Å². The summed E-state index contributed by atoms with van der Waals surface area (Å²) in [4.78, 5) is 20.5. The maximum atomic E-state index is 13.2. The molecule has 1 aromatic rings. The summed E-state index contributed by atoms with van der Waals surface area (Å²) in [5.74, 6) is -3.88. The van der Waals surface area contributed by atoms with E-state index < -0.39 is 40.6 Å². The van der Waals surface area contributed by atoms with Gasteiger partial charge < -0.3 is 9.47 Å². The summed E-state index contributed by atoms with van der Waals surface area (Å²) < 4.78 is 35.2. The van der Waals surface area contributed by atoms with Gasteiger partial charge in [-0.05, 0) is 6.92 Å². The second-order valence-corrected chi connectivity index (χ2v) is 3.09. The van der Waals surface area contributed by atoms with Gasteiger partial charge in [-0.25, -0.2) is 9.18 Å². The van der Waals surface area contributed by atoms with Crippen molar-refractivity contribution in [3.63, 3.8) is 0 Å². The zero-order valence-corrected chi connectivity index (χ0v) is 9.31. The molecule has 0 bridgehead atoms. The molecule has 0 spiro atoms. The number of carbonyl (C=O) groups excluding carboxylic acids is 1. The molecule has 0 aliphatic rings. The molecule has 1 rings (SSSR count). The first-order chi connectivity index (χ1) is 8.45. The fourth-order valence-corrected chi connectivity index (χ4v) is 1.17. The highest BCUT2D eigenvalue weighted by Gasteiger charge is 2.24. The Balaban J connectivity index is 2.93. The molecule has 0 aliphatic heterocycles. The number of rotatable bonds is 5. The average Bonchev–Trinajstić information content (AvgIpc) is 2.25. The van der Waals surface area contributed by atoms with Crippen LogP contribution in [0.15, 0.2) is 12.1 Å². The van der Waals surface area contributed by atoms with Crippen molar-refractivity contribution in [3.05, 3.63) is 33.9 Å². The minimum Gasteiger partial charge on any atom is -0.475 e. The molecule has 0 fully saturated rings. The van der Waals surface area contributed by atoms with Crippen LogP contribution in [0.1, 0.15) is 6.92 Å². The van der Waals surface area contributed by atoms with E-state index in [1.807, 2.05) is 0 Å². The van der Waals surface area contributed by atoms with Crippen molar-refractivity contribution in [1.29, 1.82) is 0 Å². The Morgan fingerprint density at radius 3 is 2.67 bits per heavy atom. The van der Waals surface area contributed by atoms with E-state index in [0.29, 0.717) is 12.1 Å². The first-order valence-corrected chi connectivity index (χ1v) is 4.87. The SMILES string of the molecule is CCOC(=O)COc1cc(F)cc(F)c1[N+](=O)[O-]. The van der Waals surface area contributed by atoms with Gasteiger partial charge >= 0.3 is 11.7 Å². The number of halogens is 2. The lowest BCUT2D eigenvalue weighted by molar-refractivity contribution is -0.388. The van der Waals surface area contributed by atoms with Gasteiger partial charge in [-0.3, -0.25) is 10.1 Å². The van der Waals surface area contributed by atoms with Crippen molar-refractivity contribution in [3.8, 4) is 5.75 Å². The number of ether oxygens (including phenoxy) is 2. The Bertz CT molecular complexity index is 478. The Hall–Kier alpha value is -2.25. The zero-order valence-electron chi connectivity index (χ0n) is 9.31. The Kier molecular flexibility index (Phi) is 4.52. The fourth-order valence-electron chi connectivity index (χ4n) is 1.17. The highest BCUT2D eigenvalue weighted by atomic mass is 19.1. The molecule has 0 aliphatic carbocycles. The van der Waals surface area contributed by atoms with E-state index in [-0.39, 0.29) is 6.61 Å². The maximum Gasteiger partial charge on any atom is 0.346 e. The van der Waals surface area contributed by atoms with Gasteiger partial charge in [0.25, 0.3) is 0 Å². The molecule has 0 atom stereocenters. The van der Waals surface area contributed by atoms with Crippen LogP contribution < -0.4 is 4.74 Å². The molecular formula is C10H9F2NO5. The Morgan fingerprint density at radius 2 is 2.11 bits per heavy atom. The molecule has 0 amide bonds. The zero-order chi connectivity index (χ0) is 13.7.